The summed E-state index contributed by atoms with van der Waals surface area (Å²) in [6.45, 7) is 10.1. The fourth-order valence-corrected chi connectivity index (χ4v) is 1.60. The lowest BCUT2D eigenvalue weighted by atomic mass is 9.86. The maximum atomic E-state index is 13.3. The zero-order valence-electron chi connectivity index (χ0n) is 10.6. The van der Waals surface area contributed by atoms with E-state index in [4.69, 9.17) is 4.42 Å². The van der Waals surface area contributed by atoms with Gasteiger partial charge in [0.2, 0.25) is 0 Å². The summed E-state index contributed by atoms with van der Waals surface area (Å²) >= 11 is 0. The summed E-state index contributed by atoms with van der Waals surface area (Å²) in [5, 5.41) is 0.829. The Balaban J connectivity index is 0.000000606. The molecule has 2 heteroatoms. The van der Waals surface area contributed by atoms with Crippen molar-refractivity contribution in [3.05, 3.63) is 35.8 Å². The fraction of sp³-hybridized carbons (Fsp3) is 0.429. The molecule has 0 fully saturated rings. The number of halogens is 1. The molecule has 1 aromatic carbocycles. The Kier molecular flexibility index (Phi) is 3.74. The van der Waals surface area contributed by atoms with Crippen LogP contribution in [0.3, 0.4) is 0 Å². The number of furan rings is 1. The summed E-state index contributed by atoms with van der Waals surface area (Å²) in [6, 6.07) is 4.83. The second-order valence-corrected chi connectivity index (χ2v) is 4.54. The first-order valence-corrected chi connectivity index (χ1v) is 5.66. The predicted octanol–water partition coefficient (Wildman–Crippen LogP) is 4.90. The van der Waals surface area contributed by atoms with Crippen molar-refractivity contribution in [1.82, 2.24) is 0 Å². The molecule has 2 aromatic rings. The standard InChI is InChI=1S/C12H13FO.C2H6/c1-12(2,3)10-7-9(13)6-8-4-5-14-11(8)10;1-2/h4-7H,1-3H3;1-2H3. The smallest absolute Gasteiger partial charge is 0.137 e. The number of rotatable bonds is 0. The summed E-state index contributed by atoms with van der Waals surface area (Å²) in [5.41, 5.74) is 1.61. The summed E-state index contributed by atoms with van der Waals surface area (Å²) in [7, 11) is 0. The van der Waals surface area contributed by atoms with Gasteiger partial charge in [0.15, 0.2) is 0 Å². The van der Waals surface area contributed by atoms with Crippen LogP contribution in [0.15, 0.2) is 28.9 Å². The van der Waals surface area contributed by atoms with E-state index in [1.165, 1.54) is 6.07 Å². The molecule has 2 rings (SSSR count). The third-order valence-corrected chi connectivity index (χ3v) is 2.32. The van der Waals surface area contributed by atoms with Gasteiger partial charge in [0.1, 0.15) is 11.4 Å². The number of fused-ring (bicyclic) bond motifs is 1. The van der Waals surface area contributed by atoms with E-state index in [0.717, 1.165) is 16.5 Å². The van der Waals surface area contributed by atoms with Crippen LogP contribution in [0.1, 0.15) is 40.2 Å². The molecule has 0 aliphatic rings. The average molecular weight is 222 g/mol. The Bertz CT molecular complexity index is 463. The molecule has 0 radical (unpaired) electrons. The van der Waals surface area contributed by atoms with Gasteiger partial charge in [0.05, 0.1) is 6.26 Å². The lowest BCUT2D eigenvalue weighted by Gasteiger charge is -2.19. The minimum absolute atomic E-state index is 0.0990. The largest absolute Gasteiger partial charge is 0.464 e. The molecule has 0 saturated carbocycles. The van der Waals surface area contributed by atoms with Crippen LogP contribution in [-0.4, -0.2) is 0 Å². The van der Waals surface area contributed by atoms with Gasteiger partial charge in [0, 0.05) is 10.9 Å². The molecule has 0 unspecified atom stereocenters. The van der Waals surface area contributed by atoms with Crippen molar-refractivity contribution in [2.45, 2.75) is 40.0 Å². The molecular weight excluding hydrogens is 203 g/mol. The quantitative estimate of drug-likeness (QED) is 0.618. The maximum absolute atomic E-state index is 13.3. The molecule has 0 aliphatic carbocycles. The second-order valence-electron chi connectivity index (χ2n) is 4.54. The van der Waals surface area contributed by atoms with E-state index in [0.29, 0.717) is 0 Å². The molecule has 0 atom stereocenters. The van der Waals surface area contributed by atoms with Crippen molar-refractivity contribution in [3.8, 4) is 0 Å². The molecule has 0 saturated heterocycles. The minimum atomic E-state index is -0.205. The lowest BCUT2D eigenvalue weighted by molar-refractivity contribution is 0.549. The molecule has 0 bridgehead atoms. The molecule has 1 heterocycles. The Morgan fingerprint density at radius 2 is 1.75 bits per heavy atom. The first-order valence-electron chi connectivity index (χ1n) is 5.66. The van der Waals surface area contributed by atoms with Gasteiger partial charge in [-0.1, -0.05) is 34.6 Å². The molecule has 0 N–H and O–H groups in total. The van der Waals surface area contributed by atoms with E-state index in [2.05, 4.69) is 0 Å². The average Bonchev–Trinajstić information content (AvgIpc) is 2.65. The summed E-state index contributed by atoms with van der Waals surface area (Å²) in [4.78, 5) is 0. The van der Waals surface area contributed by atoms with Crippen LogP contribution in [0.5, 0.6) is 0 Å². The topological polar surface area (TPSA) is 13.1 Å². The molecule has 88 valence electrons. The predicted molar refractivity (Wildman–Crippen MR) is 66.2 cm³/mol. The first kappa shape index (κ1) is 12.8. The van der Waals surface area contributed by atoms with Gasteiger partial charge >= 0.3 is 0 Å². The summed E-state index contributed by atoms with van der Waals surface area (Å²) in [5.74, 6) is -0.205. The highest BCUT2D eigenvalue weighted by atomic mass is 19.1. The Labute approximate surface area is 96.3 Å². The van der Waals surface area contributed by atoms with Gasteiger partial charge in [-0.25, -0.2) is 4.39 Å². The Morgan fingerprint density at radius 1 is 1.12 bits per heavy atom. The van der Waals surface area contributed by atoms with Crippen LogP contribution in [0.25, 0.3) is 11.0 Å². The maximum Gasteiger partial charge on any atom is 0.137 e. The fourth-order valence-electron chi connectivity index (χ4n) is 1.60. The summed E-state index contributed by atoms with van der Waals surface area (Å²) in [6.07, 6.45) is 1.60. The molecule has 0 amide bonds. The third kappa shape index (κ3) is 2.43. The molecule has 1 aromatic heterocycles. The second kappa shape index (κ2) is 4.69. The Morgan fingerprint density at radius 3 is 2.31 bits per heavy atom. The van der Waals surface area contributed by atoms with E-state index >= 15 is 0 Å². The first-order chi connectivity index (χ1) is 7.48. The van der Waals surface area contributed by atoms with E-state index in [-0.39, 0.29) is 11.2 Å². The zero-order chi connectivity index (χ0) is 12.3. The van der Waals surface area contributed by atoms with Gasteiger partial charge < -0.3 is 4.42 Å². The van der Waals surface area contributed by atoms with Crippen molar-refractivity contribution in [1.29, 1.82) is 0 Å². The van der Waals surface area contributed by atoms with Crippen molar-refractivity contribution in [3.63, 3.8) is 0 Å². The van der Waals surface area contributed by atoms with E-state index < -0.39 is 0 Å². The number of hydrogen-bond acceptors (Lipinski definition) is 1. The van der Waals surface area contributed by atoms with E-state index in [1.54, 1.807) is 18.4 Å². The van der Waals surface area contributed by atoms with Crippen molar-refractivity contribution >= 4 is 11.0 Å². The van der Waals surface area contributed by atoms with Crippen molar-refractivity contribution in [2.75, 3.05) is 0 Å². The van der Waals surface area contributed by atoms with Gasteiger partial charge in [-0.05, 0) is 23.6 Å². The Hall–Kier alpha value is -1.31. The monoisotopic (exact) mass is 222 g/mol. The van der Waals surface area contributed by atoms with Crippen LogP contribution in [0.4, 0.5) is 4.39 Å². The summed E-state index contributed by atoms with van der Waals surface area (Å²) < 4.78 is 18.6. The number of hydrogen-bond donors (Lipinski definition) is 0. The highest BCUT2D eigenvalue weighted by Crippen LogP contribution is 2.31. The molecule has 0 spiro atoms. The SMILES string of the molecule is CC.CC(C)(C)c1cc(F)cc2ccoc12. The van der Waals surface area contributed by atoms with E-state index in [9.17, 15) is 4.39 Å². The highest BCUT2D eigenvalue weighted by Gasteiger charge is 2.19. The van der Waals surface area contributed by atoms with Crippen molar-refractivity contribution in [2.24, 2.45) is 0 Å². The molecule has 1 nitrogen and oxygen atoms in total. The van der Waals surface area contributed by atoms with Crippen molar-refractivity contribution < 1.29 is 8.81 Å². The van der Waals surface area contributed by atoms with Crippen LogP contribution in [0, 0.1) is 5.82 Å². The molecule has 0 aliphatic heterocycles. The van der Waals surface area contributed by atoms with Crippen LogP contribution in [-0.2, 0) is 5.41 Å². The van der Waals surface area contributed by atoms with Crippen LogP contribution < -0.4 is 0 Å². The van der Waals surface area contributed by atoms with Gasteiger partial charge in [-0.3, -0.25) is 0 Å². The lowest BCUT2D eigenvalue weighted by Crippen LogP contribution is -2.11. The normalized spacial score (nSPS) is 11.1. The van der Waals surface area contributed by atoms with Crippen LogP contribution in [0.2, 0.25) is 0 Å². The third-order valence-electron chi connectivity index (χ3n) is 2.32. The van der Waals surface area contributed by atoms with Gasteiger partial charge in [-0.2, -0.15) is 0 Å². The number of benzene rings is 1. The highest BCUT2D eigenvalue weighted by molar-refractivity contribution is 5.81. The van der Waals surface area contributed by atoms with E-state index in [1.807, 2.05) is 34.6 Å². The van der Waals surface area contributed by atoms with Gasteiger partial charge in [0.25, 0.3) is 0 Å². The molecule has 16 heavy (non-hydrogen) atoms. The van der Waals surface area contributed by atoms with Crippen LogP contribution >= 0.6 is 0 Å². The molecular formula is C14H19FO. The van der Waals surface area contributed by atoms with Gasteiger partial charge in [-0.15, -0.1) is 0 Å². The minimum Gasteiger partial charge on any atom is -0.464 e. The zero-order valence-corrected chi connectivity index (χ0v) is 10.6.